The van der Waals surface area contributed by atoms with E-state index in [-0.39, 0.29) is 0 Å². The maximum Gasteiger partial charge on any atom is 0.164 e. The number of hydrogen-bond donors (Lipinski definition) is 0. The molecule has 0 unspecified atom stereocenters. The predicted octanol–water partition coefficient (Wildman–Crippen LogP) is 2.98. The third-order valence-corrected chi connectivity index (χ3v) is 2.59. The fourth-order valence-corrected chi connectivity index (χ4v) is 1.59. The van der Waals surface area contributed by atoms with Gasteiger partial charge in [0.2, 0.25) is 0 Å². The number of hydrazine groups is 1. The smallest absolute Gasteiger partial charge is 0.164 e. The minimum atomic E-state index is -0.447. The standard InChI is InChI=1S/C13H12N2O2/c1-14(15(16)17)13-9-7-12(8-10-13)11-5-3-2-4-6-11/h2-10H,1H3. The second-order valence-corrected chi connectivity index (χ2v) is 3.67. The van der Waals surface area contributed by atoms with E-state index in [2.05, 4.69) is 0 Å². The summed E-state index contributed by atoms with van der Waals surface area (Å²) >= 11 is 0. The van der Waals surface area contributed by atoms with Crippen LogP contribution in [0, 0.1) is 10.1 Å². The summed E-state index contributed by atoms with van der Waals surface area (Å²) in [5, 5.41) is 11.1. The molecule has 86 valence electrons. The maximum atomic E-state index is 10.6. The monoisotopic (exact) mass is 228 g/mol. The Kier molecular flexibility index (Phi) is 3.05. The van der Waals surface area contributed by atoms with Gasteiger partial charge in [-0.2, -0.15) is 0 Å². The van der Waals surface area contributed by atoms with Crippen LogP contribution in [0.4, 0.5) is 5.69 Å². The first kappa shape index (κ1) is 11.1. The highest BCUT2D eigenvalue weighted by Gasteiger charge is 2.09. The highest BCUT2D eigenvalue weighted by molar-refractivity contribution is 5.65. The second kappa shape index (κ2) is 4.65. The average Bonchev–Trinajstić information content (AvgIpc) is 2.39. The topological polar surface area (TPSA) is 46.4 Å². The Bertz CT molecular complexity index is 509. The van der Waals surface area contributed by atoms with E-state index in [1.807, 2.05) is 42.5 Å². The van der Waals surface area contributed by atoms with Crippen molar-refractivity contribution >= 4 is 5.69 Å². The van der Waals surface area contributed by atoms with Gasteiger partial charge in [0.1, 0.15) is 5.69 Å². The van der Waals surface area contributed by atoms with Gasteiger partial charge in [0.15, 0.2) is 5.03 Å². The molecule has 17 heavy (non-hydrogen) atoms. The predicted molar refractivity (Wildman–Crippen MR) is 67.3 cm³/mol. The molecule has 2 rings (SSSR count). The SMILES string of the molecule is CN(c1ccc(-c2ccccc2)cc1)[N+](=O)[O-]. The highest BCUT2D eigenvalue weighted by atomic mass is 16.7. The molecule has 0 spiro atoms. The van der Waals surface area contributed by atoms with Gasteiger partial charge < -0.3 is 0 Å². The molecule has 0 amide bonds. The molecule has 0 heterocycles. The zero-order chi connectivity index (χ0) is 12.3. The number of nitrogens with zero attached hydrogens (tertiary/aromatic N) is 2. The van der Waals surface area contributed by atoms with E-state index >= 15 is 0 Å². The number of benzene rings is 2. The zero-order valence-electron chi connectivity index (χ0n) is 9.41. The van der Waals surface area contributed by atoms with Gasteiger partial charge in [0, 0.05) is 0 Å². The normalized spacial score (nSPS) is 9.94. The molecule has 0 saturated carbocycles. The summed E-state index contributed by atoms with van der Waals surface area (Å²) in [6, 6.07) is 17.1. The van der Waals surface area contributed by atoms with Crippen LogP contribution < -0.4 is 5.01 Å². The summed E-state index contributed by atoms with van der Waals surface area (Å²) in [7, 11) is 1.43. The lowest BCUT2D eigenvalue weighted by atomic mass is 10.1. The molecular weight excluding hydrogens is 216 g/mol. The number of nitro groups is 1. The van der Waals surface area contributed by atoms with Crippen molar-refractivity contribution in [1.82, 2.24) is 0 Å². The largest absolute Gasteiger partial charge is 0.234 e. The summed E-state index contributed by atoms with van der Waals surface area (Å²) in [6.07, 6.45) is 0. The van der Waals surface area contributed by atoms with Gasteiger partial charge in [0.05, 0.1) is 7.05 Å². The summed E-state index contributed by atoms with van der Waals surface area (Å²) in [4.78, 5) is 10.6. The van der Waals surface area contributed by atoms with Crippen LogP contribution in [0.5, 0.6) is 0 Å². The van der Waals surface area contributed by atoms with Crippen LogP contribution in [0.15, 0.2) is 54.6 Å². The fourth-order valence-electron chi connectivity index (χ4n) is 1.59. The van der Waals surface area contributed by atoms with E-state index in [4.69, 9.17) is 0 Å². The Morgan fingerprint density at radius 3 is 2.00 bits per heavy atom. The van der Waals surface area contributed by atoms with Gasteiger partial charge >= 0.3 is 0 Å². The summed E-state index contributed by atoms with van der Waals surface area (Å²) in [5.74, 6) is 0. The van der Waals surface area contributed by atoms with Crippen LogP contribution in [0.2, 0.25) is 0 Å². The third kappa shape index (κ3) is 2.42. The molecule has 0 atom stereocenters. The lowest BCUT2D eigenvalue weighted by molar-refractivity contribution is -0.490. The molecule has 0 saturated heterocycles. The van der Waals surface area contributed by atoms with Crippen LogP contribution >= 0.6 is 0 Å². The van der Waals surface area contributed by atoms with Gasteiger partial charge in [-0.25, -0.2) is 10.1 Å². The Hall–Kier alpha value is -2.36. The Morgan fingerprint density at radius 2 is 1.47 bits per heavy atom. The molecule has 0 aromatic heterocycles. The molecule has 0 aliphatic heterocycles. The fraction of sp³-hybridized carbons (Fsp3) is 0.0769. The van der Waals surface area contributed by atoms with Gasteiger partial charge in [-0.15, -0.1) is 0 Å². The quantitative estimate of drug-likeness (QED) is 0.599. The number of anilines is 1. The molecular formula is C13H12N2O2. The van der Waals surface area contributed by atoms with E-state index < -0.39 is 5.03 Å². The first-order valence-electron chi connectivity index (χ1n) is 5.22. The van der Waals surface area contributed by atoms with Crippen molar-refractivity contribution in [3.05, 3.63) is 64.7 Å². The maximum absolute atomic E-state index is 10.6. The minimum Gasteiger partial charge on any atom is -0.234 e. The molecule has 0 fully saturated rings. The number of rotatable bonds is 3. The van der Waals surface area contributed by atoms with Crippen molar-refractivity contribution in [2.24, 2.45) is 0 Å². The average molecular weight is 228 g/mol. The molecule has 0 bridgehead atoms. The van der Waals surface area contributed by atoms with Crippen molar-refractivity contribution in [1.29, 1.82) is 0 Å². The van der Waals surface area contributed by atoms with Crippen molar-refractivity contribution in [3.8, 4) is 11.1 Å². The highest BCUT2D eigenvalue weighted by Crippen LogP contribution is 2.22. The summed E-state index contributed by atoms with van der Waals surface area (Å²) in [5.41, 5.74) is 2.71. The third-order valence-electron chi connectivity index (χ3n) is 2.59. The Labute approximate surface area is 99.2 Å². The summed E-state index contributed by atoms with van der Waals surface area (Å²) in [6.45, 7) is 0. The Balaban J connectivity index is 2.28. The van der Waals surface area contributed by atoms with Crippen molar-refractivity contribution in [2.75, 3.05) is 12.1 Å². The molecule has 2 aromatic rings. The minimum absolute atomic E-state index is 0.447. The first-order chi connectivity index (χ1) is 8.18. The molecule has 2 aromatic carbocycles. The van der Waals surface area contributed by atoms with Gasteiger partial charge in [0.25, 0.3) is 0 Å². The first-order valence-corrected chi connectivity index (χ1v) is 5.22. The van der Waals surface area contributed by atoms with E-state index in [0.717, 1.165) is 16.1 Å². The second-order valence-electron chi connectivity index (χ2n) is 3.67. The molecule has 0 N–H and O–H groups in total. The van der Waals surface area contributed by atoms with E-state index in [1.54, 1.807) is 12.1 Å². The van der Waals surface area contributed by atoms with E-state index in [9.17, 15) is 10.1 Å². The summed E-state index contributed by atoms with van der Waals surface area (Å²) < 4.78 is 0. The molecule has 4 nitrogen and oxygen atoms in total. The van der Waals surface area contributed by atoms with Crippen LogP contribution in [0.1, 0.15) is 0 Å². The molecule has 4 heteroatoms. The molecule has 0 radical (unpaired) electrons. The lowest BCUT2D eigenvalue weighted by Crippen LogP contribution is -2.24. The lowest BCUT2D eigenvalue weighted by Gasteiger charge is -2.08. The van der Waals surface area contributed by atoms with E-state index in [1.165, 1.54) is 7.05 Å². The number of hydrogen-bond acceptors (Lipinski definition) is 2. The van der Waals surface area contributed by atoms with Crippen molar-refractivity contribution in [2.45, 2.75) is 0 Å². The van der Waals surface area contributed by atoms with Crippen LogP contribution in [-0.2, 0) is 0 Å². The van der Waals surface area contributed by atoms with Gasteiger partial charge in [-0.1, -0.05) is 47.5 Å². The molecule has 0 aliphatic carbocycles. The van der Waals surface area contributed by atoms with Gasteiger partial charge in [-0.05, 0) is 23.3 Å². The van der Waals surface area contributed by atoms with Gasteiger partial charge in [-0.3, -0.25) is 0 Å². The molecule has 0 aliphatic rings. The van der Waals surface area contributed by atoms with Crippen LogP contribution in [0.3, 0.4) is 0 Å². The van der Waals surface area contributed by atoms with Crippen LogP contribution in [0.25, 0.3) is 11.1 Å². The van der Waals surface area contributed by atoms with Crippen LogP contribution in [-0.4, -0.2) is 12.1 Å². The van der Waals surface area contributed by atoms with Crippen molar-refractivity contribution < 1.29 is 5.03 Å². The zero-order valence-corrected chi connectivity index (χ0v) is 9.41. The Morgan fingerprint density at radius 1 is 0.941 bits per heavy atom. The van der Waals surface area contributed by atoms with Crippen molar-refractivity contribution in [3.63, 3.8) is 0 Å². The van der Waals surface area contributed by atoms with E-state index in [0.29, 0.717) is 5.69 Å².